The van der Waals surface area contributed by atoms with E-state index >= 15 is 0 Å². The Morgan fingerprint density at radius 1 is 1.42 bits per heavy atom. The second kappa shape index (κ2) is 3.53. The van der Waals surface area contributed by atoms with Crippen LogP contribution >= 0.6 is 11.8 Å². The number of hydrogen-bond acceptors (Lipinski definition) is 1. The van der Waals surface area contributed by atoms with Crippen LogP contribution in [0.5, 0.6) is 0 Å². The first kappa shape index (κ1) is 8.18. The summed E-state index contributed by atoms with van der Waals surface area (Å²) < 4.78 is 0. The summed E-state index contributed by atoms with van der Waals surface area (Å²) >= 11 is 2.04. The molecule has 0 bridgehead atoms. The highest BCUT2D eigenvalue weighted by atomic mass is 32.2. The molecule has 0 saturated heterocycles. The van der Waals surface area contributed by atoms with Gasteiger partial charge >= 0.3 is 0 Å². The van der Waals surface area contributed by atoms with E-state index < -0.39 is 0 Å². The maximum Gasteiger partial charge on any atom is 0.0340 e. The van der Waals surface area contributed by atoms with E-state index in [4.69, 9.17) is 0 Å². The van der Waals surface area contributed by atoms with Crippen LogP contribution in [0.1, 0.15) is 19.8 Å². The van der Waals surface area contributed by atoms with E-state index in [1.165, 1.54) is 12.8 Å². The minimum atomic E-state index is 0.718. The van der Waals surface area contributed by atoms with Crippen LogP contribution in [0.2, 0.25) is 0 Å². The first-order valence-electron chi connectivity index (χ1n) is 4.61. The van der Waals surface area contributed by atoms with Crippen molar-refractivity contribution in [1.29, 1.82) is 0 Å². The molecule has 0 aromatic heterocycles. The molecule has 12 heavy (non-hydrogen) atoms. The van der Waals surface area contributed by atoms with Gasteiger partial charge < -0.3 is 0 Å². The Bertz CT molecular complexity index is 248. The van der Waals surface area contributed by atoms with Gasteiger partial charge in [-0.25, -0.2) is 0 Å². The van der Waals surface area contributed by atoms with Crippen LogP contribution in [-0.4, -0.2) is 5.25 Å². The molecule has 1 aliphatic heterocycles. The summed E-state index contributed by atoms with van der Waals surface area (Å²) in [6, 6.07) is 0. The van der Waals surface area contributed by atoms with Crippen molar-refractivity contribution >= 4 is 11.8 Å². The second-order valence-corrected chi connectivity index (χ2v) is 4.58. The molecule has 2 unspecified atom stereocenters. The van der Waals surface area contributed by atoms with E-state index in [2.05, 4.69) is 37.3 Å². The Labute approximate surface area is 78.4 Å². The molecule has 0 aromatic carbocycles. The van der Waals surface area contributed by atoms with Crippen LogP contribution in [-0.2, 0) is 0 Å². The van der Waals surface area contributed by atoms with Crippen molar-refractivity contribution < 1.29 is 0 Å². The summed E-state index contributed by atoms with van der Waals surface area (Å²) in [7, 11) is 0. The molecule has 0 radical (unpaired) electrons. The lowest BCUT2D eigenvalue weighted by Crippen LogP contribution is -2.17. The Kier molecular flexibility index (Phi) is 2.40. The first-order valence-corrected chi connectivity index (χ1v) is 5.49. The molecule has 0 amide bonds. The second-order valence-electron chi connectivity index (χ2n) is 3.28. The van der Waals surface area contributed by atoms with Crippen LogP contribution in [0.25, 0.3) is 0 Å². The summed E-state index contributed by atoms with van der Waals surface area (Å²) in [4.78, 5) is 1.57. The molecule has 0 saturated carbocycles. The SMILES string of the molecule is CCC1=CCC2C=CC=CC2S1. The molecule has 1 heterocycles. The van der Waals surface area contributed by atoms with Gasteiger partial charge in [0.2, 0.25) is 0 Å². The fourth-order valence-corrected chi connectivity index (χ4v) is 2.94. The highest BCUT2D eigenvalue weighted by molar-refractivity contribution is 8.03. The zero-order valence-electron chi connectivity index (χ0n) is 7.36. The van der Waals surface area contributed by atoms with E-state index in [1.807, 2.05) is 11.8 Å². The Balaban J connectivity index is 2.12. The van der Waals surface area contributed by atoms with Gasteiger partial charge in [0.1, 0.15) is 0 Å². The van der Waals surface area contributed by atoms with Crippen LogP contribution in [0, 0.1) is 5.92 Å². The fraction of sp³-hybridized carbons (Fsp3) is 0.455. The Morgan fingerprint density at radius 2 is 2.25 bits per heavy atom. The smallest absolute Gasteiger partial charge is 0.0340 e. The van der Waals surface area contributed by atoms with Gasteiger partial charge in [-0.3, -0.25) is 0 Å². The lowest BCUT2D eigenvalue weighted by atomic mass is 9.96. The van der Waals surface area contributed by atoms with Gasteiger partial charge in [0.05, 0.1) is 0 Å². The normalized spacial score (nSPS) is 32.9. The molecule has 2 rings (SSSR count). The predicted octanol–water partition coefficient (Wildman–Crippen LogP) is 3.53. The highest BCUT2D eigenvalue weighted by Gasteiger charge is 2.22. The van der Waals surface area contributed by atoms with Crippen molar-refractivity contribution in [1.82, 2.24) is 0 Å². The molecule has 0 aromatic rings. The number of thioether (sulfide) groups is 1. The number of fused-ring (bicyclic) bond motifs is 1. The van der Waals surface area contributed by atoms with Crippen molar-refractivity contribution in [3.05, 3.63) is 35.3 Å². The average Bonchev–Trinajstić information content (AvgIpc) is 2.17. The molecular weight excluding hydrogens is 164 g/mol. The monoisotopic (exact) mass is 178 g/mol. The van der Waals surface area contributed by atoms with E-state index in [1.54, 1.807) is 4.91 Å². The zero-order valence-corrected chi connectivity index (χ0v) is 8.18. The standard InChI is InChI=1S/C11H14S/c1-2-10-8-7-9-5-3-4-6-11(9)12-10/h3-6,8-9,11H,2,7H2,1H3. The van der Waals surface area contributed by atoms with Gasteiger partial charge in [-0.05, 0) is 23.7 Å². The number of hydrogen-bond donors (Lipinski definition) is 0. The molecular formula is C11H14S. The molecule has 0 N–H and O–H groups in total. The molecule has 1 aliphatic carbocycles. The largest absolute Gasteiger partial charge is 0.123 e. The Morgan fingerprint density at radius 3 is 3.08 bits per heavy atom. The van der Waals surface area contributed by atoms with Crippen molar-refractivity contribution in [3.8, 4) is 0 Å². The van der Waals surface area contributed by atoms with Crippen molar-refractivity contribution in [2.45, 2.75) is 25.0 Å². The van der Waals surface area contributed by atoms with Crippen LogP contribution in [0.3, 0.4) is 0 Å². The van der Waals surface area contributed by atoms with Crippen LogP contribution < -0.4 is 0 Å². The lowest BCUT2D eigenvalue weighted by Gasteiger charge is -2.27. The summed E-state index contributed by atoms with van der Waals surface area (Å²) in [5.41, 5.74) is 0. The van der Waals surface area contributed by atoms with Gasteiger partial charge in [-0.1, -0.05) is 37.3 Å². The van der Waals surface area contributed by atoms with Crippen molar-refractivity contribution in [3.63, 3.8) is 0 Å². The summed E-state index contributed by atoms with van der Waals surface area (Å²) in [5, 5.41) is 0.718. The van der Waals surface area contributed by atoms with Crippen LogP contribution in [0.4, 0.5) is 0 Å². The minimum absolute atomic E-state index is 0.718. The van der Waals surface area contributed by atoms with Crippen molar-refractivity contribution in [2.75, 3.05) is 0 Å². The highest BCUT2D eigenvalue weighted by Crippen LogP contribution is 2.38. The maximum absolute atomic E-state index is 2.40. The lowest BCUT2D eigenvalue weighted by molar-refractivity contribution is 0.673. The summed E-state index contributed by atoms with van der Waals surface area (Å²) in [6.45, 7) is 2.24. The van der Waals surface area contributed by atoms with E-state index in [-0.39, 0.29) is 0 Å². The zero-order chi connectivity index (χ0) is 8.39. The molecule has 2 atom stereocenters. The Hall–Kier alpha value is -0.430. The van der Waals surface area contributed by atoms with Gasteiger partial charge in [0.25, 0.3) is 0 Å². The molecule has 2 aliphatic rings. The van der Waals surface area contributed by atoms with E-state index in [9.17, 15) is 0 Å². The predicted molar refractivity (Wildman–Crippen MR) is 56.1 cm³/mol. The van der Waals surface area contributed by atoms with Crippen LogP contribution in [0.15, 0.2) is 35.3 Å². The number of allylic oxidation sites excluding steroid dienone is 5. The molecule has 0 fully saturated rings. The van der Waals surface area contributed by atoms with Gasteiger partial charge in [0.15, 0.2) is 0 Å². The van der Waals surface area contributed by atoms with Gasteiger partial charge in [0, 0.05) is 5.25 Å². The quantitative estimate of drug-likeness (QED) is 0.592. The van der Waals surface area contributed by atoms with E-state index in [0.29, 0.717) is 0 Å². The minimum Gasteiger partial charge on any atom is -0.123 e. The third-order valence-electron chi connectivity index (χ3n) is 2.45. The number of rotatable bonds is 1. The topological polar surface area (TPSA) is 0 Å². The third kappa shape index (κ3) is 1.51. The maximum atomic E-state index is 2.40. The first-order chi connectivity index (χ1) is 5.90. The van der Waals surface area contributed by atoms with Crippen molar-refractivity contribution in [2.24, 2.45) is 5.92 Å². The summed E-state index contributed by atoms with van der Waals surface area (Å²) in [6.07, 6.45) is 13.8. The fourth-order valence-electron chi connectivity index (χ4n) is 1.69. The molecule has 64 valence electrons. The molecule has 1 heteroatoms. The van der Waals surface area contributed by atoms with E-state index in [0.717, 1.165) is 11.2 Å². The molecule has 0 nitrogen and oxygen atoms in total. The third-order valence-corrected chi connectivity index (χ3v) is 3.98. The van der Waals surface area contributed by atoms with Gasteiger partial charge in [-0.2, -0.15) is 0 Å². The average molecular weight is 178 g/mol. The molecule has 0 spiro atoms. The van der Waals surface area contributed by atoms with Gasteiger partial charge in [-0.15, -0.1) is 11.8 Å². The summed E-state index contributed by atoms with van der Waals surface area (Å²) in [5.74, 6) is 0.760.